The van der Waals surface area contributed by atoms with E-state index in [0.29, 0.717) is 0 Å². The molecular weight excluding hydrogens is 190 g/mol. The molecule has 1 fully saturated rings. The maximum atomic E-state index is 8.96. The first-order chi connectivity index (χ1) is 7.36. The molecule has 0 aliphatic heterocycles. The van der Waals surface area contributed by atoms with Crippen LogP contribution in [0.25, 0.3) is 0 Å². The molecule has 3 nitrogen and oxygen atoms in total. The quantitative estimate of drug-likeness (QED) is 0.671. The van der Waals surface area contributed by atoms with Gasteiger partial charge in [0.1, 0.15) is 0 Å². The Morgan fingerprint density at radius 1 is 0.933 bits per heavy atom. The lowest BCUT2D eigenvalue weighted by Crippen LogP contribution is -2.34. The summed E-state index contributed by atoms with van der Waals surface area (Å²) in [7, 11) is 0. The van der Waals surface area contributed by atoms with Gasteiger partial charge in [0.05, 0.1) is 6.61 Å². The number of hydrogen-bond acceptors (Lipinski definition) is 3. The summed E-state index contributed by atoms with van der Waals surface area (Å²) < 4.78 is 0. The summed E-state index contributed by atoms with van der Waals surface area (Å²) in [5.41, 5.74) is 0. The van der Waals surface area contributed by atoms with E-state index in [4.69, 9.17) is 10.2 Å². The van der Waals surface area contributed by atoms with Gasteiger partial charge >= 0.3 is 0 Å². The van der Waals surface area contributed by atoms with Gasteiger partial charge in [0, 0.05) is 26.2 Å². The monoisotopic (exact) mass is 215 g/mol. The van der Waals surface area contributed by atoms with Gasteiger partial charge in [0.2, 0.25) is 0 Å². The lowest BCUT2D eigenvalue weighted by atomic mass is 9.89. The number of rotatable bonds is 7. The molecule has 0 spiro atoms. The van der Waals surface area contributed by atoms with Gasteiger partial charge in [0.25, 0.3) is 0 Å². The fraction of sp³-hybridized carbons (Fsp3) is 1.00. The van der Waals surface area contributed by atoms with Crippen LogP contribution in [0.5, 0.6) is 0 Å². The third-order valence-electron chi connectivity index (χ3n) is 3.29. The van der Waals surface area contributed by atoms with Gasteiger partial charge in [0.15, 0.2) is 0 Å². The highest BCUT2D eigenvalue weighted by Crippen LogP contribution is 2.24. The van der Waals surface area contributed by atoms with Crippen LogP contribution >= 0.6 is 0 Å². The van der Waals surface area contributed by atoms with Gasteiger partial charge in [-0.05, 0) is 25.2 Å². The van der Waals surface area contributed by atoms with Crippen LogP contribution in [0.15, 0.2) is 0 Å². The lowest BCUT2D eigenvalue weighted by molar-refractivity contribution is 0.149. The summed E-state index contributed by atoms with van der Waals surface area (Å²) in [5, 5.41) is 17.8. The zero-order valence-electron chi connectivity index (χ0n) is 9.70. The lowest BCUT2D eigenvalue weighted by Gasteiger charge is -2.29. The Kier molecular flexibility index (Phi) is 6.98. The zero-order chi connectivity index (χ0) is 10.9. The summed E-state index contributed by atoms with van der Waals surface area (Å²) in [6, 6.07) is 0. The average Bonchev–Trinajstić information content (AvgIpc) is 2.28. The molecule has 0 unspecified atom stereocenters. The Bertz CT molecular complexity index is 147. The van der Waals surface area contributed by atoms with Crippen molar-refractivity contribution in [1.82, 2.24) is 4.90 Å². The maximum Gasteiger partial charge on any atom is 0.0558 e. The van der Waals surface area contributed by atoms with E-state index < -0.39 is 0 Å². The highest BCUT2D eigenvalue weighted by Gasteiger charge is 2.16. The average molecular weight is 215 g/mol. The summed E-state index contributed by atoms with van der Waals surface area (Å²) >= 11 is 0. The van der Waals surface area contributed by atoms with E-state index in [1.165, 1.54) is 32.1 Å². The van der Waals surface area contributed by atoms with Crippen LogP contribution in [-0.2, 0) is 0 Å². The molecular formula is C12H25NO2. The molecule has 0 saturated heterocycles. The van der Waals surface area contributed by atoms with E-state index in [1.54, 1.807) is 0 Å². The van der Waals surface area contributed by atoms with Crippen LogP contribution in [0.3, 0.4) is 0 Å². The Labute approximate surface area is 93.1 Å². The van der Waals surface area contributed by atoms with Crippen molar-refractivity contribution in [2.45, 2.75) is 38.5 Å². The van der Waals surface area contributed by atoms with Crippen molar-refractivity contribution < 1.29 is 10.2 Å². The van der Waals surface area contributed by atoms with Crippen LogP contribution in [0.2, 0.25) is 0 Å². The summed E-state index contributed by atoms with van der Waals surface area (Å²) in [5.74, 6) is 0.823. The topological polar surface area (TPSA) is 43.7 Å². The van der Waals surface area contributed by atoms with Gasteiger partial charge in [-0.15, -0.1) is 0 Å². The fourth-order valence-corrected chi connectivity index (χ4v) is 2.46. The normalized spacial score (nSPS) is 18.6. The number of aliphatic hydroxyl groups excluding tert-OH is 2. The van der Waals surface area contributed by atoms with Crippen molar-refractivity contribution in [2.24, 2.45) is 5.92 Å². The highest BCUT2D eigenvalue weighted by molar-refractivity contribution is 4.70. The van der Waals surface area contributed by atoms with Crippen molar-refractivity contribution >= 4 is 0 Å². The van der Waals surface area contributed by atoms with Crippen molar-refractivity contribution in [2.75, 3.05) is 32.8 Å². The predicted octanol–water partition coefficient (Wildman–Crippen LogP) is 1.24. The minimum Gasteiger partial charge on any atom is -0.396 e. The third-order valence-corrected chi connectivity index (χ3v) is 3.29. The molecule has 0 bridgehead atoms. The van der Waals surface area contributed by atoms with Crippen molar-refractivity contribution in [1.29, 1.82) is 0 Å². The van der Waals surface area contributed by atoms with Gasteiger partial charge in [-0.1, -0.05) is 19.3 Å². The van der Waals surface area contributed by atoms with Crippen LogP contribution in [0, 0.1) is 5.92 Å². The first-order valence-corrected chi connectivity index (χ1v) is 6.31. The first kappa shape index (κ1) is 12.9. The number of nitrogens with zero attached hydrogens (tertiary/aromatic N) is 1. The van der Waals surface area contributed by atoms with Crippen molar-refractivity contribution in [3.05, 3.63) is 0 Å². The van der Waals surface area contributed by atoms with Gasteiger partial charge in [-0.3, -0.25) is 0 Å². The van der Waals surface area contributed by atoms with Crippen LogP contribution < -0.4 is 0 Å². The molecule has 1 saturated carbocycles. The maximum absolute atomic E-state index is 8.96. The van der Waals surface area contributed by atoms with E-state index in [0.717, 1.165) is 32.0 Å². The SMILES string of the molecule is OCCCN(CCO)CC1CCCCC1. The predicted molar refractivity (Wildman–Crippen MR) is 61.8 cm³/mol. The summed E-state index contributed by atoms with van der Waals surface area (Å²) in [6.45, 7) is 3.29. The van der Waals surface area contributed by atoms with Crippen molar-refractivity contribution in [3.8, 4) is 0 Å². The Balaban J connectivity index is 2.21. The standard InChI is InChI=1S/C12H25NO2/c14-9-4-7-13(8-10-15)11-12-5-2-1-3-6-12/h12,14-15H,1-11H2. The van der Waals surface area contributed by atoms with E-state index in [9.17, 15) is 0 Å². The second-order valence-corrected chi connectivity index (χ2v) is 4.61. The second kappa shape index (κ2) is 8.08. The molecule has 0 radical (unpaired) electrons. The molecule has 1 aliphatic rings. The Hall–Kier alpha value is -0.120. The summed E-state index contributed by atoms with van der Waals surface area (Å²) in [6.07, 6.45) is 7.66. The second-order valence-electron chi connectivity index (χ2n) is 4.61. The molecule has 15 heavy (non-hydrogen) atoms. The number of aliphatic hydroxyl groups is 2. The van der Waals surface area contributed by atoms with Gasteiger partial charge < -0.3 is 15.1 Å². The number of hydrogen-bond donors (Lipinski definition) is 2. The molecule has 0 aromatic rings. The largest absolute Gasteiger partial charge is 0.396 e. The Morgan fingerprint density at radius 2 is 1.67 bits per heavy atom. The molecule has 1 rings (SSSR count). The van der Waals surface area contributed by atoms with Gasteiger partial charge in [-0.25, -0.2) is 0 Å². The van der Waals surface area contributed by atoms with Gasteiger partial charge in [-0.2, -0.15) is 0 Å². The zero-order valence-corrected chi connectivity index (χ0v) is 9.70. The molecule has 3 heteroatoms. The third kappa shape index (κ3) is 5.50. The first-order valence-electron chi connectivity index (χ1n) is 6.31. The fourth-order valence-electron chi connectivity index (χ4n) is 2.46. The molecule has 2 N–H and O–H groups in total. The highest BCUT2D eigenvalue weighted by atomic mass is 16.3. The van der Waals surface area contributed by atoms with E-state index in [2.05, 4.69) is 4.90 Å². The molecule has 0 atom stereocenters. The van der Waals surface area contributed by atoms with Crippen LogP contribution in [0.4, 0.5) is 0 Å². The molecule has 90 valence electrons. The van der Waals surface area contributed by atoms with E-state index >= 15 is 0 Å². The van der Waals surface area contributed by atoms with Crippen LogP contribution in [0.1, 0.15) is 38.5 Å². The minimum atomic E-state index is 0.234. The smallest absolute Gasteiger partial charge is 0.0558 e. The van der Waals surface area contributed by atoms with Crippen molar-refractivity contribution in [3.63, 3.8) is 0 Å². The molecule has 0 aromatic heterocycles. The Morgan fingerprint density at radius 3 is 2.27 bits per heavy atom. The van der Waals surface area contributed by atoms with Crippen LogP contribution in [-0.4, -0.2) is 48.0 Å². The molecule has 0 aromatic carbocycles. The molecule has 0 heterocycles. The summed E-state index contributed by atoms with van der Waals surface area (Å²) in [4.78, 5) is 2.30. The van der Waals surface area contributed by atoms with E-state index in [1.807, 2.05) is 0 Å². The van der Waals surface area contributed by atoms with E-state index in [-0.39, 0.29) is 13.2 Å². The molecule has 0 amide bonds. The molecule has 1 aliphatic carbocycles. The minimum absolute atomic E-state index is 0.234.